The highest BCUT2D eigenvalue weighted by atomic mass is 16.5. The van der Waals surface area contributed by atoms with Crippen molar-refractivity contribution < 1.29 is 4.74 Å². The molecule has 6 aromatic carbocycles. The second-order valence-corrected chi connectivity index (χ2v) is 11.7. The Morgan fingerprint density at radius 2 is 1.18 bits per heavy atom. The molecule has 45 heavy (non-hydrogen) atoms. The highest BCUT2D eigenvalue weighted by molar-refractivity contribution is 6.08. The second-order valence-electron chi connectivity index (χ2n) is 11.7. The molecule has 0 saturated heterocycles. The molecule has 2 atom stereocenters. The molecule has 2 heterocycles. The Morgan fingerprint density at radius 3 is 2.02 bits per heavy atom. The van der Waals surface area contributed by atoms with Crippen molar-refractivity contribution in [2.75, 3.05) is 0 Å². The minimum Gasteiger partial charge on any atom is -0.485 e. The third-order valence-electron chi connectivity index (χ3n) is 9.05. The minimum absolute atomic E-state index is 0.0217. The van der Waals surface area contributed by atoms with Crippen LogP contribution in [0.4, 0.5) is 0 Å². The Kier molecular flexibility index (Phi) is 5.95. The molecule has 7 aromatic rings. The van der Waals surface area contributed by atoms with Crippen molar-refractivity contribution in [1.82, 2.24) is 9.97 Å². The van der Waals surface area contributed by atoms with E-state index in [4.69, 9.17) is 14.7 Å². The first-order valence-electron chi connectivity index (χ1n) is 15.4. The molecule has 2 aliphatic rings. The zero-order valence-electron chi connectivity index (χ0n) is 24.5. The summed E-state index contributed by atoms with van der Waals surface area (Å²) in [6.07, 6.45) is 6.36. The summed E-state index contributed by atoms with van der Waals surface area (Å²) >= 11 is 0. The van der Waals surface area contributed by atoms with Gasteiger partial charge in [0.1, 0.15) is 11.9 Å². The van der Waals surface area contributed by atoms with Gasteiger partial charge in [0.2, 0.25) is 0 Å². The van der Waals surface area contributed by atoms with Gasteiger partial charge in [-0.15, -0.1) is 0 Å². The van der Waals surface area contributed by atoms with E-state index in [0.717, 1.165) is 39.7 Å². The lowest BCUT2D eigenvalue weighted by Crippen LogP contribution is -2.20. The van der Waals surface area contributed by atoms with Gasteiger partial charge in [-0.3, -0.25) is 0 Å². The van der Waals surface area contributed by atoms with E-state index in [1.807, 2.05) is 24.3 Å². The number of rotatable bonds is 4. The monoisotopic (exact) mass is 576 g/mol. The molecule has 0 fully saturated rings. The van der Waals surface area contributed by atoms with Gasteiger partial charge in [0.25, 0.3) is 0 Å². The summed E-state index contributed by atoms with van der Waals surface area (Å²) in [4.78, 5) is 10.2. The van der Waals surface area contributed by atoms with Crippen LogP contribution in [-0.4, -0.2) is 16.1 Å². The molecule has 0 N–H and O–H groups in total. The van der Waals surface area contributed by atoms with Gasteiger partial charge >= 0.3 is 0 Å². The molecule has 9 rings (SSSR count). The molecule has 0 bridgehead atoms. The van der Waals surface area contributed by atoms with Crippen molar-refractivity contribution in [1.29, 1.82) is 0 Å². The Bertz CT molecular complexity index is 2250. The molecule has 3 heteroatoms. The van der Waals surface area contributed by atoms with Crippen molar-refractivity contribution in [2.24, 2.45) is 0 Å². The molecule has 2 unspecified atom stereocenters. The van der Waals surface area contributed by atoms with E-state index >= 15 is 0 Å². The van der Waals surface area contributed by atoms with Crippen LogP contribution in [0.25, 0.3) is 60.9 Å². The predicted octanol–water partition coefficient (Wildman–Crippen LogP) is 10.3. The van der Waals surface area contributed by atoms with Gasteiger partial charge in [-0.25, -0.2) is 9.97 Å². The smallest absolute Gasteiger partial charge is 0.160 e. The molecule has 1 aliphatic carbocycles. The van der Waals surface area contributed by atoms with Gasteiger partial charge < -0.3 is 4.74 Å². The number of fused-ring (bicyclic) bond motifs is 6. The Morgan fingerprint density at radius 1 is 0.511 bits per heavy atom. The number of aromatic nitrogens is 2. The highest BCUT2D eigenvalue weighted by Crippen LogP contribution is 2.49. The summed E-state index contributed by atoms with van der Waals surface area (Å²) in [7, 11) is 0. The second kappa shape index (κ2) is 10.4. The van der Waals surface area contributed by atoms with Crippen LogP contribution in [0.3, 0.4) is 0 Å². The molecule has 3 nitrogen and oxygen atoms in total. The number of hydrogen-bond acceptors (Lipinski definition) is 3. The van der Waals surface area contributed by atoms with Gasteiger partial charge in [0, 0.05) is 16.7 Å². The number of benzene rings is 6. The molecule has 1 aromatic heterocycles. The van der Waals surface area contributed by atoms with Crippen LogP contribution in [0.1, 0.15) is 17.2 Å². The lowest BCUT2D eigenvalue weighted by atomic mass is 9.82. The lowest BCUT2D eigenvalue weighted by molar-refractivity contribution is 0.271. The van der Waals surface area contributed by atoms with E-state index in [1.165, 1.54) is 38.2 Å². The standard InChI is InChI=1S/C42H28N2O/c1-3-11-29(12-4-1)37-26-38(44-42(43-37)30-13-5-2-6-14-30)34-16-9-17-40-41(34)36-25-32(22-23-39(36)45-40)31-21-20-28-19-18-27-10-7-8-15-33(27)35(28)24-31/h1-26,40-41H. The van der Waals surface area contributed by atoms with Crippen LogP contribution in [0.2, 0.25) is 0 Å². The van der Waals surface area contributed by atoms with Crippen molar-refractivity contribution in [3.05, 3.63) is 169 Å². The lowest BCUT2D eigenvalue weighted by Gasteiger charge is -2.23. The van der Waals surface area contributed by atoms with Crippen LogP contribution >= 0.6 is 0 Å². The van der Waals surface area contributed by atoms with Gasteiger partial charge in [-0.2, -0.15) is 0 Å². The maximum absolute atomic E-state index is 6.54. The highest BCUT2D eigenvalue weighted by Gasteiger charge is 2.38. The quantitative estimate of drug-likeness (QED) is 0.196. The van der Waals surface area contributed by atoms with E-state index in [1.54, 1.807) is 0 Å². The van der Waals surface area contributed by atoms with Crippen LogP contribution < -0.4 is 4.74 Å². The Labute approximate surface area is 261 Å². The maximum Gasteiger partial charge on any atom is 0.160 e. The number of ether oxygens (including phenoxy) is 1. The van der Waals surface area contributed by atoms with E-state index in [9.17, 15) is 0 Å². The van der Waals surface area contributed by atoms with Gasteiger partial charge in [-0.05, 0) is 68.6 Å². The summed E-state index contributed by atoms with van der Waals surface area (Å²) < 4.78 is 6.54. The van der Waals surface area contributed by atoms with E-state index in [2.05, 4.69) is 133 Å². The first-order chi connectivity index (χ1) is 22.3. The molecular weight excluding hydrogens is 548 g/mol. The van der Waals surface area contributed by atoms with Crippen LogP contribution in [0, 0.1) is 0 Å². The summed E-state index contributed by atoms with van der Waals surface area (Å²) in [6, 6.07) is 49.1. The molecular formula is C42H28N2O. The van der Waals surface area contributed by atoms with Gasteiger partial charge in [-0.1, -0.05) is 127 Å². The van der Waals surface area contributed by atoms with E-state index < -0.39 is 0 Å². The molecule has 1 aliphatic heterocycles. The molecule has 0 spiro atoms. The molecule has 0 radical (unpaired) electrons. The zero-order chi connectivity index (χ0) is 29.7. The van der Waals surface area contributed by atoms with E-state index in [0.29, 0.717) is 0 Å². The molecule has 212 valence electrons. The summed E-state index contributed by atoms with van der Waals surface area (Å²) in [6.45, 7) is 0. The maximum atomic E-state index is 6.54. The first-order valence-corrected chi connectivity index (χ1v) is 15.4. The van der Waals surface area contributed by atoms with Crippen LogP contribution in [-0.2, 0) is 0 Å². The number of hydrogen-bond donors (Lipinski definition) is 0. The van der Waals surface area contributed by atoms with Crippen molar-refractivity contribution >= 4 is 27.1 Å². The summed E-state index contributed by atoms with van der Waals surface area (Å²) in [5.74, 6) is 1.67. The predicted molar refractivity (Wildman–Crippen MR) is 184 cm³/mol. The normalized spacial score (nSPS) is 16.7. The third kappa shape index (κ3) is 4.44. The summed E-state index contributed by atoms with van der Waals surface area (Å²) in [5, 5.41) is 5.04. The summed E-state index contributed by atoms with van der Waals surface area (Å²) in [5.41, 5.74) is 8.59. The fourth-order valence-corrected chi connectivity index (χ4v) is 6.83. The molecule has 0 amide bonds. The van der Waals surface area contributed by atoms with Crippen molar-refractivity contribution in [3.63, 3.8) is 0 Å². The fraction of sp³-hybridized carbons (Fsp3) is 0.0476. The SMILES string of the molecule is C1=CC2Oc3ccc(-c4ccc5ccc6ccccc6c5c4)cc3C2C(c2cc(-c3ccccc3)nc(-c3ccccc3)n2)=C1. The topological polar surface area (TPSA) is 35.0 Å². The van der Waals surface area contributed by atoms with Gasteiger partial charge in [0.05, 0.1) is 17.3 Å². The third-order valence-corrected chi connectivity index (χ3v) is 9.05. The average Bonchev–Trinajstić information content (AvgIpc) is 3.50. The number of nitrogens with zero attached hydrogens (tertiary/aromatic N) is 2. The molecule has 0 saturated carbocycles. The zero-order valence-corrected chi connectivity index (χ0v) is 24.5. The van der Waals surface area contributed by atoms with Crippen molar-refractivity contribution in [3.8, 4) is 39.5 Å². The first kappa shape index (κ1) is 25.7. The van der Waals surface area contributed by atoms with E-state index in [-0.39, 0.29) is 12.0 Å². The fourth-order valence-electron chi connectivity index (χ4n) is 6.83. The Hall–Kier alpha value is -5.80. The largest absolute Gasteiger partial charge is 0.485 e. The minimum atomic E-state index is -0.0916. The average molecular weight is 577 g/mol. The Balaban J connectivity index is 1.17. The van der Waals surface area contributed by atoms with Crippen LogP contribution in [0.15, 0.2) is 158 Å². The van der Waals surface area contributed by atoms with Crippen LogP contribution in [0.5, 0.6) is 5.75 Å². The van der Waals surface area contributed by atoms with Gasteiger partial charge in [0.15, 0.2) is 5.82 Å². The van der Waals surface area contributed by atoms with Crippen molar-refractivity contribution in [2.45, 2.75) is 12.0 Å². The number of allylic oxidation sites excluding steroid dienone is 2.